The van der Waals surface area contributed by atoms with Gasteiger partial charge < -0.3 is 14.2 Å². The third-order valence-electron chi connectivity index (χ3n) is 4.96. The fourth-order valence-electron chi connectivity index (χ4n) is 3.43. The summed E-state index contributed by atoms with van der Waals surface area (Å²) in [6.45, 7) is 4.40. The summed E-state index contributed by atoms with van der Waals surface area (Å²) in [4.78, 5) is 31.6. The number of amides is 1. The van der Waals surface area contributed by atoms with Gasteiger partial charge in [0.15, 0.2) is 0 Å². The highest BCUT2D eigenvalue weighted by Gasteiger charge is 2.19. The van der Waals surface area contributed by atoms with Gasteiger partial charge >= 0.3 is 0 Å². The molecule has 6 heteroatoms. The molecule has 146 valence electrons. The second-order valence-electron chi connectivity index (χ2n) is 7.18. The molecule has 0 N–H and O–H groups in total. The number of fused-ring (bicyclic) bond motifs is 1. The summed E-state index contributed by atoms with van der Waals surface area (Å²) >= 11 is 0. The number of ether oxygens (including phenoxy) is 1. The Balaban J connectivity index is 1.93. The molecule has 0 aliphatic carbocycles. The molecule has 2 aromatic heterocycles. The zero-order chi connectivity index (χ0) is 20.4. The number of rotatable bonds is 5. The summed E-state index contributed by atoms with van der Waals surface area (Å²) in [5.41, 5.74) is 2.49. The fourth-order valence-corrected chi connectivity index (χ4v) is 3.43. The van der Waals surface area contributed by atoms with Crippen molar-refractivity contribution in [3.05, 3.63) is 69.8 Å². The van der Waals surface area contributed by atoms with Gasteiger partial charge in [-0.05, 0) is 35.7 Å². The number of aromatic nitrogens is 2. The molecule has 1 amide bonds. The molecule has 0 fully saturated rings. The van der Waals surface area contributed by atoms with Crippen LogP contribution in [0.25, 0.3) is 10.9 Å². The Labute approximate surface area is 164 Å². The van der Waals surface area contributed by atoms with Crippen molar-refractivity contribution < 1.29 is 9.53 Å². The minimum atomic E-state index is -0.302. The number of hydrogen-bond donors (Lipinski definition) is 0. The van der Waals surface area contributed by atoms with Crippen LogP contribution in [0.15, 0.2) is 47.4 Å². The molecule has 0 aliphatic heterocycles. The average molecular weight is 379 g/mol. The molecule has 28 heavy (non-hydrogen) atoms. The number of benzene rings is 1. The van der Waals surface area contributed by atoms with E-state index in [0.717, 1.165) is 22.2 Å². The van der Waals surface area contributed by atoms with Crippen LogP contribution in [0, 0.1) is 0 Å². The van der Waals surface area contributed by atoms with Gasteiger partial charge in [0.1, 0.15) is 16.8 Å². The number of nitrogens with zero attached hydrogens (tertiary/aromatic N) is 3. The Hall–Kier alpha value is -3.15. The van der Waals surface area contributed by atoms with Crippen molar-refractivity contribution >= 4 is 16.8 Å². The van der Waals surface area contributed by atoms with Crippen molar-refractivity contribution in [2.75, 3.05) is 14.2 Å². The van der Waals surface area contributed by atoms with Gasteiger partial charge in [-0.1, -0.05) is 26.0 Å². The minimum absolute atomic E-state index is 0.172. The minimum Gasteiger partial charge on any atom is -0.494 e. The molecule has 0 bridgehead atoms. The van der Waals surface area contributed by atoms with E-state index in [1.165, 1.54) is 0 Å². The normalized spacial score (nSPS) is 11.1. The first kappa shape index (κ1) is 19.6. The first-order valence-corrected chi connectivity index (χ1v) is 9.21. The van der Waals surface area contributed by atoms with E-state index in [0.29, 0.717) is 12.3 Å². The van der Waals surface area contributed by atoms with Gasteiger partial charge in [-0.3, -0.25) is 14.6 Å². The van der Waals surface area contributed by atoms with Crippen LogP contribution in [0.3, 0.4) is 0 Å². The van der Waals surface area contributed by atoms with Crippen molar-refractivity contribution in [1.82, 2.24) is 14.5 Å². The first-order chi connectivity index (χ1) is 13.3. The SMILES string of the molecule is COc1ccc(CN(C)C(=O)c2ccc(C(C)C)n(C)c2=O)c2cccnc12. The summed E-state index contributed by atoms with van der Waals surface area (Å²) in [6.07, 6.45) is 1.71. The van der Waals surface area contributed by atoms with E-state index in [2.05, 4.69) is 4.98 Å². The number of methoxy groups -OCH3 is 1. The van der Waals surface area contributed by atoms with Crippen LogP contribution >= 0.6 is 0 Å². The van der Waals surface area contributed by atoms with Gasteiger partial charge in [0.05, 0.1) is 7.11 Å². The lowest BCUT2D eigenvalue weighted by molar-refractivity contribution is 0.0783. The molecular formula is C22H25N3O3. The molecule has 1 aromatic carbocycles. The summed E-state index contributed by atoms with van der Waals surface area (Å²) < 4.78 is 6.93. The Morgan fingerprint density at radius 2 is 1.96 bits per heavy atom. The van der Waals surface area contributed by atoms with Gasteiger partial charge in [-0.2, -0.15) is 0 Å². The van der Waals surface area contributed by atoms with Crippen LogP contribution in [0.4, 0.5) is 0 Å². The Morgan fingerprint density at radius 1 is 1.21 bits per heavy atom. The molecule has 0 atom stereocenters. The second kappa shape index (κ2) is 7.84. The Morgan fingerprint density at radius 3 is 2.64 bits per heavy atom. The molecule has 2 heterocycles. The zero-order valence-electron chi connectivity index (χ0n) is 16.9. The van der Waals surface area contributed by atoms with Gasteiger partial charge in [0.25, 0.3) is 11.5 Å². The highest BCUT2D eigenvalue weighted by Crippen LogP contribution is 2.27. The van der Waals surface area contributed by atoms with E-state index in [9.17, 15) is 9.59 Å². The number of hydrogen-bond acceptors (Lipinski definition) is 4. The van der Waals surface area contributed by atoms with E-state index in [1.807, 2.05) is 44.2 Å². The molecule has 0 saturated heterocycles. The molecule has 6 nitrogen and oxygen atoms in total. The maximum Gasteiger partial charge on any atom is 0.263 e. The monoisotopic (exact) mass is 379 g/mol. The molecule has 3 rings (SSSR count). The van der Waals surface area contributed by atoms with E-state index in [-0.39, 0.29) is 22.9 Å². The standard InChI is InChI=1S/C22H25N3O3/c1-14(2)18-10-9-17(22(27)25(18)4)21(26)24(3)13-15-8-11-19(28-5)20-16(15)7-6-12-23-20/h6-12,14H,13H2,1-5H3. The van der Waals surface area contributed by atoms with Crippen LogP contribution in [0.1, 0.15) is 41.4 Å². The lowest BCUT2D eigenvalue weighted by Crippen LogP contribution is -2.34. The van der Waals surface area contributed by atoms with E-state index in [1.54, 1.807) is 42.9 Å². The molecule has 0 radical (unpaired) electrons. The Kier molecular flexibility index (Phi) is 5.49. The smallest absolute Gasteiger partial charge is 0.263 e. The van der Waals surface area contributed by atoms with Crippen molar-refractivity contribution in [3.8, 4) is 5.75 Å². The van der Waals surface area contributed by atoms with E-state index in [4.69, 9.17) is 4.74 Å². The quantitative estimate of drug-likeness (QED) is 0.682. The van der Waals surface area contributed by atoms with Crippen LogP contribution < -0.4 is 10.3 Å². The topological polar surface area (TPSA) is 64.4 Å². The Bertz CT molecular complexity index is 1090. The number of carbonyl (C=O) groups excluding carboxylic acids is 1. The van der Waals surface area contributed by atoms with E-state index >= 15 is 0 Å². The first-order valence-electron chi connectivity index (χ1n) is 9.21. The van der Waals surface area contributed by atoms with Crippen LogP contribution in [-0.2, 0) is 13.6 Å². The van der Waals surface area contributed by atoms with Gasteiger partial charge in [-0.25, -0.2) is 0 Å². The predicted molar refractivity (Wildman–Crippen MR) is 110 cm³/mol. The molecular weight excluding hydrogens is 354 g/mol. The maximum atomic E-state index is 12.9. The third kappa shape index (κ3) is 3.50. The molecule has 0 aliphatic rings. The predicted octanol–water partition coefficient (Wildman–Crippen LogP) is 3.34. The van der Waals surface area contributed by atoms with Gasteiger partial charge in [0, 0.05) is 37.9 Å². The lowest BCUT2D eigenvalue weighted by atomic mass is 10.1. The zero-order valence-corrected chi connectivity index (χ0v) is 16.9. The third-order valence-corrected chi connectivity index (χ3v) is 4.96. The summed E-state index contributed by atoms with van der Waals surface area (Å²) in [5.74, 6) is 0.591. The second-order valence-corrected chi connectivity index (χ2v) is 7.18. The summed E-state index contributed by atoms with van der Waals surface area (Å²) in [6, 6.07) is 11.1. The highest BCUT2D eigenvalue weighted by atomic mass is 16.5. The largest absolute Gasteiger partial charge is 0.494 e. The van der Waals surface area contributed by atoms with Crippen LogP contribution in [-0.4, -0.2) is 34.5 Å². The van der Waals surface area contributed by atoms with E-state index < -0.39 is 0 Å². The number of pyridine rings is 2. The molecule has 3 aromatic rings. The van der Waals surface area contributed by atoms with Gasteiger partial charge in [-0.15, -0.1) is 0 Å². The van der Waals surface area contributed by atoms with Crippen LogP contribution in [0.5, 0.6) is 5.75 Å². The van der Waals surface area contributed by atoms with Crippen LogP contribution in [0.2, 0.25) is 0 Å². The molecule has 0 spiro atoms. The highest BCUT2D eigenvalue weighted by molar-refractivity contribution is 5.94. The summed E-state index contributed by atoms with van der Waals surface area (Å²) in [5, 5.41) is 0.921. The molecule has 0 unspecified atom stereocenters. The average Bonchev–Trinajstić information content (AvgIpc) is 2.69. The van der Waals surface area contributed by atoms with Gasteiger partial charge in [0.2, 0.25) is 0 Å². The summed E-state index contributed by atoms with van der Waals surface area (Å²) in [7, 11) is 5.01. The number of carbonyl (C=O) groups is 1. The van der Waals surface area contributed by atoms with Crippen molar-refractivity contribution in [2.45, 2.75) is 26.3 Å². The fraction of sp³-hybridized carbons (Fsp3) is 0.318. The lowest BCUT2D eigenvalue weighted by Gasteiger charge is -2.20. The van der Waals surface area contributed by atoms with Crippen molar-refractivity contribution in [1.29, 1.82) is 0 Å². The van der Waals surface area contributed by atoms with Crippen molar-refractivity contribution in [2.24, 2.45) is 7.05 Å². The molecule has 0 saturated carbocycles. The van der Waals surface area contributed by atoms with Crippen molar-refractivity contribution in [3.63, 3.8) is 0 Å². The maximum absolute atomic E-state index is 12.9.